The highest BCUT2D eigenvalue weighted by Crippen LogP contribution is 2.38. The predicted octanol–water partition coefficient (Wildman–Crippen LogP) is 5.20. The largest absolute Gasteiger partial charge is 0.492 e. The Hall–Kier alpha value is -2.84. The van der Waals surface area contributed by atoms with Gasteiger partial charge in [0.05, 0.1) is 17.4 Å². The normalized spacial score (nSPS) is 17.4. The van der Waals surface area contributed by atoms with Gasteiger partial charge in [-0.05, 0) is 71.1 Å². The lowest BCUT2D eigenvalue weighted by Gasteiger charge is -2.32. The van der Waals surface area contributed by atoms with Crippen molar-refractivity contribution in [3.63, 3.8) is 0 Å². The lowest BCUT2D eigenvalue weighted by atomic mass is 9.77. The molecule has 2 aromatic rings. The summed E-state index contributed by atoms with van der Waals surface area (Å²) in [5.74, 6) is 0.644. The molecule has 0 radical (unpaired) electrons. The number of benzene rings is 1. The second-order valence-corrected chi connectivity index (χ2v) is 10.4. The van der Waals surface area contributed by atoms with Crippen LogP contribution in [-0.2, 0) is 20.7 Å². The highest BCUT2D eigenvalue weighted by atomic mass is 16.7. The van der Waals surface area contributed by atoms with Gasteiger partial charge in [0.15, 0.2) is 0 Å². The molecule has 3 rings (SSSR count). The molecule has 1 saturated heterocycles. The van der Waals surface area contributed by atoms with Crippen molar-refractivity contribution in [2.24, 2.45) is 0 Å². The Kier molecular flexibility index (Phi) is 7.73. The lowest BCUT2D eigenvalue weighted by Crippen LogP contribution is -2.41. The number of rotatable bonds is 7. The Morgan fingerprint density at radius 1 is 1.09 bits per heavy atom. The number of carbonyl (C=O) groups is 1. The van der Waals surface area contributed by atoms with Crippen molar-refractivity contribution in [3.8, 4) is 5.75 Å². The third-order valence-corrected chi connectivity index (χ3v) is 5.73. The van der Waals surface area contributed by atoms with Crippen LogP contribution in [0.3, 0.4) is 0 Å². The molecule has 1 fully saturated rings. The van der Waals surface area contributed by atoms with Crippen LogP contribution in [-0.4, -0.2) is 41.5 Å². The highest BCUT2D eigenvalue weighted by Gasteiger charge is 2.52. The molecule has 182 valence electrons. The van der Waals surface area contributed by atoms with Crippen LogP contribution < -0.4 is 10.1 Å². The fraction of sp³-hybridized carbons (Fsp3) is 0.462. The van der Waals surface area contributed by atoms with Crippen LogP contribution in [0.25, 0.3) is 6.08 Å². The number of nitrogens with zero attached hydrogens (tertiary/aromatic N) is 1. The van der Waals surface area contributed by atoms with Gasteiger partial charge in [0.2, 0.25) is 0 Å². The van der Waals surface area contributed by atoms with E-state index < -0.39 is 30.0 Å². The number of pyridine rings is 1. The Balaban J connectivity index is 1.79. The molecular weight excluding hydrogens is 431 g/mol. The first kappa shape index (κ1) is 25.8. The molecular formula is C26H35BN2O5. The number of ether oxygens (including phenoxy) is 2. The number of amides is 1. The number of carbonyl (C=O) groups excluding carboxylic acids is 1. The smallest absolute Gasteiger partial charge is 0.487 e. The van der Waals surface area contributed by atoms with Crippen molar-refractivity contribution >= 4 is 19.3 Å². The van der Waals surface area contributed by atoms with Gasteiger partial charge in [0.25, 0.3) is 0 Å². The third-order valence-electron chi connectivity index (χ3n) is 5.73. The summed E-state index contributed by atoms with van der Waals surface area (Å²) in [6, 6.07) is 11.8. The molecule has 0 saturated carbocycles. The van der Waals surface area contributed by atoms with Gasteiger partial charge in [0.1, 0.15) is 18.0 Å². The van der Waals surface area contributed by atoms with Crippen molar-refractivity contribution < 1.29 is 23.6 Å². The number of alkyl carbamates (subject to hydrolysis) is 1. The molecule has 1 aromatic heterocycles. The summed E-state index contributed by atoms with van der Waals surface area (Å²) >= 11 is 0. The van der Waals surface area contributed by atoms with Crippen molar-refractivity contribution in [2.45, 2.75) is 71.9 Å². The zero-order valence-electron chi connectivity index (χ0n) is 21.2. The maximum absolute atomic E-state index is 12.3. The van der Waals surface area contributed by atoms with Crippen molar-refractivity contribution in [1.82, 2.24) is 10.3 Å². The summed E-state index contributed by atoms with van der Waals surface area (Å²) < 4.78 is 23.8. The summed E-state index contributed by atoms with van der Waals surface area (Å²) in [6.07, 6.45) is 4.80. The number of nitrogens with one attached hydrogen (secondary N) is 1. The molecule has 2 heterocycles. The predicted molar refractivity (Wildman–Crippen MR) is 133 cm³/mol. The molecule has 0 aliphatic carbocycles. The van der Waals surface area contributed by atoms with E-state index in [0.717, 1.165) is 16.6 Å². The zero-order chi connectivity index (χ0) is 25.0. The average Bonchev–Trinajstić information content (AvgIpc) is 2.96. The fourth-order valence-corrected chi connectivity index (χ4v) is 3.23. The zero-order valence-corrected chi connectivity index (χ0v) is 21.2. The maximum Gasteiger partial charge on any atom is 0.492 e. The van der Waals surface area contributed by atoms with E-state index in [2.05, 4.69) is 10.3 Å². The van der Waals surface area contributed by atoms with Gasteiger partial charge in [-0.25, -0.2) is 4.79 Å². The molecule has 1 aliphatic heterocycles. The molecule has 0 spiro atoms. The number of hydrogen-bond donors (Lipinski definition) is 1. The average molecular weight is 466 g/mol. The highest BCUT2D eigenvalue weighted by molar-refractivity contribution is 6.56. The summed E-state index contributed by atoms with van der Waals surface area (Å²) in [4.78, 5) is 16.6. The van der Waals surface area contributed by atoms with Gasteiger partial charge < -0.3 is 24.1 Å². The Bertz CT molecular complexity index is 999. The topological polar surface area (TPSA) is 78.9 Å². The van der Waals surface area contributed by atoms with Gasteiger partial charge in [-0.3, -0.25) is 4.98 Å². The van der Waals surface area contributed by atoms with Crippen molar-refractivity contribution in [1.29, 1.82) is 0 Å². The van der Waals surface area contributed by atoms with Gasteiger partial charge in [-0.1, -0.05) is 36.4 Å². The van der Waals surface area contributed by atoms with E-state index in [0.29, 0.717) is 12.4 Å². The van der Waals surface area contributed by atoms with Crippen LogP contribution in [0.1, 0.15) is 59.6 Å². The monoisotopic (exact) mass is 466 g/mol. The second-order valence-electron chi connectivity index (χ2n) is 10.4. The standard InChI is InChI=1S/C26H35BN2O5/c1-24(2,3)32-23(30)29-16-21(27-33-25(4,5)26(6,7)34-27)13-20-14-22(17-28-15-20)31-18-19-11-9-8-10-12-19/h8-15,17H,16,18H2,1-7H3,(H,29,30). The molecule has 0 bridgehead atoms. The van der Waals surface area contributed by atoms with Gasteiger partial charge in [0, 0.05) is 12.7 Å². The van der Waals surface area contributed by atoms with Crippen LogP contribution >= 0.6 is 0 Å². The Morgan fingerprint density at radius 2 is 1.74 bits per heavy atom. The van der Waals surface area contributed by atoms with E-state index in [1.165, 1.54) is 0 Å². The number of aromatic nitrogens is 1. The van der Waals surface area contributed by atoms with Gasteiger partial charge >= 0.3 is 13.2 Å². The first-order valence-electron chi connectivity index (χ1n) is 11.5. The molecule has 34 heavy (non-hydrogen) atoms. The van der Waals surface area contributed by atoms with Gasteiger partial charge in [-0.2, -0.15) is 0 Å². The van der Waals surface area contributed by atoms with Crippen LogP contribution in [0, 0.1) is 0 Å². The quantitative estimate of drug-likeness (QED) is 0.565. The molecule has 7 nitrogen and oxygen atoms in total. The minimum absolute atomic E-state index is 0.195. The van der Waals surface area contributed by atoms with Gasteiger partial charge in [-0.15, -0.1) is 0 Å². The maximum atomic E-state index is 12.3. The van der Waals surface area contributed by atoms with Crippen LogP contribution in [0.4, 0.5) is 4.79 Å². The van der Waals surface area contributed by atoms with E-state index in [4.69, 9.17) is 18.8 Å². The first-order valence-corrected chi connectivity index (χ1v) is 11.5. The molecule has 1 aromatic carbocycles. The minimum Gasteiger partial charge on any atom is -0.487 e. The molecule has 0 atom stereocenters. The molecule has 1 amide bonds. The van der Waals surface area contributed by atoms with E-state index in [-0.39, 0.29) is 6.54 Å². The Morgan fingerprint density at radius 3 is 2.35 bits per heavy atom. The minimum atomic E-state index is -0.631. The van der Waals surface area contributed by atoms with Crippen molar-refractivity contribution in [3.05, 3.63) is 65.4 Å². The van der Waals surface area contributed by atoms with Crippen LogP contribution in [0.15, 0.2) is 54.3 Å². The van der Waals surface area contributed by atoms with Crippen LogP contribution in [0.5, 0.6) is 5.75 Å². The van der Waals surface area contributed by atoms with Crippen molar-refractivity contribution in [2.75, 3.05) is 6.54 Å². The van der Waals surface area contributed by atoms with E-state index >= 15 is 0 Å². The molecule has 0 unspecified atom stereocenters. The van der Waals surface area contributed by atoms with Crippen LogP contribution in [0.2, 0.25) is 0 Å². The van der Waals surface area contributed by atoms with E-state index in [9.17, 15) is 4.79 Å². The lowest BCUT2D eigenvalue weighted by molar-refractivity contribution is 0.00578. The van der Waals surface area contributed by atoms with E-state index in [1.54, 1.807) is 12.4 Å². The summed E-state index contributed by atoms with van der Waals surface area (Å²) in [5.41, 5.74) is 1.01. The molecule has 1 N–H and O–H groups in total. The van der Waals surface area contributed by atoms with E-state index in [1.807, 2.05) is 90.9 Å². The fourth-order valence-electron chi connectivity index (χ4n) is 3.23. The molecule has 1 aliphatic rings. The second kappa shape index (κ2) is 10.2. The summed E-state index contributed by atoms with van der Waals surface area (Å²) in [7, 11) is -0.631. The molecule has 8 heteroatoms. The Labute approximate surface area is 203 Å². The third kappa shape index (κ3) is 7.08. The summed E-state index contributed by atoms with van der Waals surface area (Å²) in [6.45, 7) is 14.1. The first-order chi connectivity index (χ1) is 15.8. The summed E-state index contributed by atoms with van der Waals surface area (Å²) in [5, 5.41) is 2.81. The SMILES string of the molecule is CC(C)(C)OC(=O)NCC(=Cc1cncc(OCc2ccccc2)c1)B1OC(C)(C)C(C)(C)O1. The number of hydrogen-bond acceptors (Lipinski definition) is 6.